The number of thiophene rings is 1. The van der Waals surface area contributed by atoms with E-state index >= 15 is 0 Å². The van der Waals surface area contributed by atoms with Crippen molar-refractivity contribution in [2.45, 2.75) is 0 Å². The van der Waals surface area contributed by atoms with E-state index in [1.54, 1.807) is 10.8 Å². The molecule has 0 fully saturated rings. The molecule has 0 radical (unpaired) electrons. The van der Waals surface area contributed by atoms with Crippen molar-refractivity contribution in [3.63, 3.8) is 0 Å². The molecule has 0 amide bonds. The molecule has 2 aromatic carbocycles. The summed E-state index contributed by atoms with van der Waals surface area (Å²) in [5.74, 6) is -0.118. The zero-order valence-electron chi connectivity index (χ0n) is 15.2. The number of esters is 1. The first-order chi connectivity index (χ1) is 14.3. The number of hydrogen-bond donors (Lipinski definition) is 0. The van der Waals surface area contributed by atoms with E-state index in [0.29, 0.717) is 5.90 Å². The van der Waals surface area contributed by atoms with Gasteiger partial charge < -0.3 is 4.74 Å². The average Bonchev–Trinajstić information content (AvgIpc) is 3.50. The number of nitrogens with zero attached hydrogens (tertiary/aromatic N) is 3. The second kappa shape index (κ2) is 7.33. The van der Waals surface area contributed by atoms with Gasteiger partial charge in [0.2, 0.25) is 5.90 Å². The Kier molecular flexibility index (Phi) is 4.38. The van der Waals surface area contributed by atoms with Crippen LogP contribution in [0.3, 0.4) is 0 Å². The van der Waals surface area contributed by atoms with Crippen LogP contribution in [0.5, 0.6) is 0 Å². The molecule has 29 heavy (non-hydrogen) atoms. The quantitative estimate of drug-likeness (QED) is 0.362. The second-order valence-corrected chi connectivity index (χ2v) is 7.34. The number of para-hydroxylation sites is 1. The van der Waals surface area contributed by atoms with Crippen molar-refractivity contribution in [2.75, 3.05) is 0 Å². The Morgan fingerprint density at radius 2 is 1.69 bits per heavy atom. The first-order valence-corrected chi connectivity index (χ1v) is 9.93. The Labute approximate surface area is 171 Å². The van der Waals surface area contributed by atoms with Gasteiger partial charge in [0.05, 0.1) is 10.6 Å². The minimum Gasteiger partial charge on any atom is -0.401 e. The maximum atomic E-state index is 12.4. The van der Waals surface area contributed by atoms with Crippen LogP contribution in [-0.2, 0) is 9.53 Å². The zero-order chi connectivity index (χ0) is 19.6. The van der Waals surface area contributed by atoms with Crippen molar-refractivity contribution >= 4 is 29.3 Å². The summed E-state index contributed by atoms with van der Waals surface area (Å²) in [7, 11) is 0. The van der Waals surface area contributed by atoms with Gasteiger partial charge in [0, 0.05) is 17.3 Å². The van der Waals surface area contributed by atoms with Crippen molar-refractivity contribution in [1.82, 2.24) is 9.78 Å². The highest BCUT2D eigenvalue weighted by atomic mass is 32.1. The van der Waals surface area contributed by atoms with Crippen LogP contribution >= 0.6 is 11.3 Å². The molecule has 0 saturated heterocycles. The summed E-state index contributed by atoms with van der Waals surface area (Å²) in [5, 5.41) is 6.68. The molecule has 4 aromatic rings. The van der Waals surface area contributed by atoms with E-state index in [0.717, 1.165) is 27.4 Å². The van der Waals surface area contributed by atoms with Gasteiger partial charge in [0.25, 0.3) is 0 Å². The van der Waals surface area contributed by atoms with E-state index in [-0.39, 0.29) is 5.70 Å². The Balaban J connectivity index is 1.61. The van der Waals surface area contributed by atoms with Crippen LogP contribution in [0.25, 0.3) is 23.0 Å². The molecule has 5 nitrogen and oxygen atoms in total. The van der Waals surface area contributed by atoms with E-state index in [9.17, 15) is 4.79 Å². The maximum absolute atomic E-state index is 12.4. The minimum absolute atomic E-state index is 0.262. The topological polar surface area (TPSA) is 56.5 Å². The molecule has 0 atom stereocenters. The fraction of sp³-hybridized carbons (Fsp3) is 0. The third-order valence-corrected chi connectivity index (χ3v) is 5.31. The number of carbonyl (C=O) groups is 1. The summed E-state index contributed by atoms with van der Waals surface area (Å²) >= 11 is 1.48. The maximum Gasteiger partial charge on any atom is 0.363 e. The molecule has 0 N–H and O–H groups in total. The van der Waals surface area contributed by atoms with E-state index < -0.39 is 5.97 Å². The van der Waals surface area contributed by atoms with Crippen molar-refractivity contribution in [3.05, 3.63) is 101 Å². The third-order valence-electron chi connectivity index (χ3n) is 4.46. The van der Waals surface area contributed by atoms with Gasteiger partial charge in [0.15, 0.2) is 5.70 Å². The number of carbonyl (C=O) groups excluding carboxylic acids is 1. The number of aromatic nitrogens is 2. The highest BCUT2D eigenvalue weighted by molar-refractivity contribution is 7.12. The van der Waals surface area contributed by atoms with Crippen LogP contribution in [0.2, 0.25) is 0 Å². The lowest BCUT2D eigenvalue weighted by molar-refractivity contribution is -0.129. The van der Waals surface area contributed by atoms with Gasteiger partial charge in [0.1, 0.15) is 5.69 Å². The van der Waals surface area contributed by atoms with E-state index in [4.69, 9.17) is 9.84 Å². The number of ether oxygens (including phenoxy) is 1. The summed E-state index contributed by atoms with van der Waals surface area (Å²) < 4.78 is 7.16. The Morgan fingerprint density at radius 1 is 0.931 bits per heavy atom. The van der Waals surface area contributed by atoms with Gasteiger partial charge >= 0.3 is 5.97 Å². The van der Waals surface area contributed by atoms with Crippen molar-refractivity contribution in [1.29, 1.82) is 0 Å². The highest BCUT2D eigenvalue weighted by Gasteiger charge is 2.25. The first-order valence-electron chi connectivity index (χ1n) is 9.05. The number of aliphatic imine (C=N–C) groups is 1. The number of benzene rings is 2. The number of rotatable bonds is 4. The van der Waals surface area contributed by atoms with E-state index in [2.05, 4.69) is 4.99 Å². The van der Waals surface area contributed by atoms with Crippen molar-refractivity contribution in [3.8, 4) is 16.9 Å². The molecule has 0 saturated carbocycles. The molecule has 1 aliphatic heterocycles. The summed E-state index contributed by atoms with van der Waals surface area (Å²) in [5.41, 5.74) is 3.73. The highest BCUT2D eigenvalue weighted by Crippen LogP contribution is 2.28. The van der Waals surface area contributed by atoms with Gasteiger partial charge in [-0.15, -0.1) is 11.3 Å². The van der Waals surface area contributed by atoms with Gasteiger partial charge in [-0.2, -0.15) is 5.10 Å². The zero-order valence-corrected chi connectivity index (χ0v) is 16.0. The summed E-state index contributed by atoms with van der Waals surface area (Å²) in [6.07, 6.45) is 3.63. The lowest BCUT2D eigenvalue weighted by Crippen LogP contribution is -2.03. The van der Waals surface area contributed by atoms with Crippen LogP contribution < -0.4 is 0 Å². The molecule has 1 aliphatic rings. The third kappa shape index (κ3) is 3.41. The standard InChI is InChI=1S/C23H15N3O2S/c27-23-19(24-22(28-23)20-12-7-13-29-20)14-17-15-26(18-10-5-2-6-11-18)25-21(17)16-8-3-1-4-9-16/h1-15H/b19-14+. The predicted octanol–water partition coefficient (Wildman–Crippen LogP) is 4.95. The van der Waals surface area contributed by atoms with Gasteiger partial charge in [-0.25, -0.2) is 14.5 Å². The summed E-state index contributed by atoms with van der Waals surface area (Å²) in [4.78, 5) is 17.6. The fourth-order valence-electron chi connectivity index (χ4n) is 3.09. The lowest BCUT2D eigenvalue weighted by Gasteiger charge is -2.00. The van der Waals surface area contributed by atoms with Gasteiger partial charge in [-0.3, -0.25) is 0 Å². The van der Waals surface area contributed by atoms with Crippen LogP contribution in [0, 0.1) is 0 Å². The van der Waals surface area contributed by atoms with Crippen LogP contribution in [0.15, 0.2) is 95.1 Å². The SMILES string of the molecule is O=C1OC(c2cccs2)=N/C1=C/c1cn(-c2ccccc2)nc1-c1ccccc1. The van der Waals surface area contributed by atoms with E-state index in [1.165, 1.54) is 11.3 Å². The molecule has 3 heterocycles. The Morgan fingerprint density at radius 3 is 2.41 bits per heavy atom. The Bertz CT molecular complexity index is 1220. The molecule has 140 valence electrons. The lowest BCUT2D eigenvalue weighted by atomic mass is 10.1. The second-order valence-electron chi connectivity index (χ2n) is 6.39. The molecule has 2 aromatic heterocycles. The average molecular weight is 397 g/mol. The molecule has 0 spiro atoms. The summed E-state index contributed by atoms with van der Waals surface area (Å²) in [6.45, 7) is 0. The van der Waals surface area contributed by atoms with Crippen LogP contribution in [0.4, 0.5) is 0 Å². The summed E-state index contributed by atoms with van der Waals surface area (Å²) in [6, 6.07) is 23.5. The molecule has 5 rings (SSSR count). The largest absolute Gasteiger partial charge is 0.401 e. The van der Waals surface area contributed by atoms with Gasteiger partial charge in [-0.05, 0) is 29.7 Å². The molecule has 0 bridgehead atoms. The number of cyclic esters (lactones) is 1. The predicted molar refractivity (Wildman–Crippen MR) is 114 cm³/mol. The molecule has 6 heteroatoms. The first kappa shape index (κ1) is 17.3. The smallest absolute Gasteiger partial charge is 0.363 e. The van der Waals surface area contributed by atoms with Crippen molar-refractivity contribution < 1.29 is 9.53 Å². The number of hydrogen-bond acceptors (Lipinski definition) is 5. The van der Waals surface area contributed by atoms with Gasteiger partial charge in [-0.1, -0.05) is 54.6 Å². The van der Waals surface area contributed by atoms with Crippen LogP contribution in [0.1, 0.15) is 10.4 Å². The molecule has 0 aliphatic carbocycles. The molecule has 0 unspecified atom stereocenters. The van der Waals surface area contributed by atoms with Crippen LogP contribution in [-0.4, -0.2) is 21.6 Å². The molecular weight excluding hydrogens is 382 g/mol. The Hall–Kier alpha value is -3.77. The van der Waals surface area contributed by atoms with E-state index in [1.807, 2.05) is 84.4 Å². The normalized spacial score (nSPS) is 14.8. The minimum atomic E-state index is -0.458. The monoisotopic (exact) mass is 397 g/mol. The van der Waals surface area contributed by atoms with Crippen molar-refractivity contribution in [2.24, 2.45) is 4.99 Å². The fourth-order valence-corrected chi connectivity index (χ4v) is 3.74. The molecular formula is C23H15N3O2S.